The van der Waals surface area contributed by atoms with E-state index in [1.807, 2.05) is 0 Å². The fraction of sp³-hybridized carbons (Fsp3) is 1.00. The van der Waals surface area contributed by atoms with Crippen LogP contribution in [0.3, 0.4) is 0 Å². The van der Waals surface area contributed by atoms with E-state index in [9.17, 15) is 0 Å². The van der Waals surface area contributed by atoms with Gasteiger partial charge in [-0.25, -0.2) is 0 Å². The molecule has 0 aromatic carbocycles. The second kappa shape index (κ2) is 3.57. The van der Waals surface area contributed by atoms with Crippen LogP contribution in [0.5, 0.6) is 0 Å². The quantitative estimate of drug-likeness (QED) is 0.485. The third-order valence-corrected chi connectivity index (χ3v) is 76.0. The normalized spacial score (nSPS) is 39.4. The van der Waals surface area contributed by atoms with Gasteiger partial charge >= 0.3 is 0 Å². The average molecular weight is 311 g/mol. The first-order valence-electron chi connectivity index (χ1n) is 6.10. The van der Waals surface area contributed by atoms with Gasteiger partial charge in [0.15, 0.2) is 14.7 Å². The molecule has 0 N–H and O–H groups in total. The summed E-state index contributed by atoms with van der Waals surface area (Å²) in [6.45, 7) is 20.1. The van der Waals surface area contributed by atoms with Crippen LogP contribution in [0.2, 0.25) is 45.8 Å². The molecule has 1 fully saturated rings. The molecule has 1 aliphatic rings. The van der Waals surface area contributed by atoms with Crippen LogP contribution < -0.4 is 0 Å². The van der Waals surface area contributed by atoms with Crippen molar-refractivity contribution in [1.29, 1.82) is 0 Å². The molecule has 0 saturated carbocycles. The highest BCUT2D eigenvalue weighted by Crippen LogP contribution is 2.49. The maximum atomic E-state index is 7.10. The Bertz CT molecular complexity index is 282. The summed E-state index contributed by atoms with van der Waals surface area (Å²) in [5.41, 5.74) is 0. The van der Waals surface area contributed by atoms with E-state index in [0.717, 1.165) is 0 Å². The minimum Gasteiger partial charge on any atom is -0.417 e. The molecule has 1 rings (SSSR count). The predicted molar refractivity (Wildman–Crippen MR) is 85.1 cm³/mol. The molecule has 0 aliphatic carbocycles. The zero-order chi connectivity index (χ0) is 13.2. The first kappa shape index (κ1) is 15.2. The lowest BCUT2D eigenvalue weighted by atomic mass is 10.5. The molecule has 0 amide bonds. The van der Waals surface area contributed by atoms with Crippen LogP contribution in [0.25, 0.3) is 0 Å². The van der Waals surface area contributed by atoms with Gasteiger partial charge in [0.05, 0.1) is 19.4 Å². The lowest BCUT2D eigenvalue weighted by Crippen LogP contribution is -2.89. The average Bonchev–Trinajstić information content (AvgIpc) is 1.98. The van der Waals surface area contributed by atoms with Gasteiger partial charge in [0.2, 0.25) is 0 Å². The van der Waals surface area contributed by atoms with Gasteiger partial charge in [-0.05, 0) is 26.9 Å². The maximum Gasteiger partial charge on any atom is 0.172 e. The maximum absolute atomic E-state index is 7.10. The van der Waals surface area contributed by atoms with Crippen LogP contribution in [-0.2, 0) is 4.43 Å². The minimum absolute atomic E-state index is 0.0392. The van der Waals surface area contributed by atoms with Crippen molar-refractivity contribution in [2.75, 3.05) is 0 Å². The van der Waals surface area contributed by atoms with Crippen molar-refractivity contribution in [2.45, 2.75) is 64.9 Å². The minimum atomic E-state index is -1.78. The van der Waals surface area contributed by atoms with Gasteiger partial charge in [-0.15, -0.1) is 0 Å². The molecule has 1 nitrogen and oxygen atoms in total. The largest absolute Gasteiger partial charge is 0.417 e. The molecule has 1 unspecified atom stereocenters. The standard InChI is InChI=1S/C10H27ClOSi4/c1-10(2)12-13(3,4)14(5,6)15(7,8)16(10,9)11/h1-9H3. The van der Waals surface area contributed by atoms with Crippen molar-refractivity contribution < 1.29 is 4.43 Å². The van der Waals surface area contributed by atoms with E-state index in [0.29, 0.717) is 0 Å². The Balaban J connectivity index is 3.43. The highest BCUT2D eigenvalue weighted by molar-refractivity contribution is 7.89. The van der Waals surface area contributed by atoms with Crippen molar-refractivity contribution in [3.05, 3.63) is 0 Å². The molecule has 1 aliphatic heterocycles. The van der Waals surface area contributed by atoms with Crippen LogP contribution >= 0.6 is 11.1 Å². The number of hydrogen-bond donors (Lipinski definition) is 0. The SMILES string of the molecule is CC1(C)O[Si](C)(C)[Si](C)(C)[Si](C)(C)[Si]1(C)Cl. The molecule has 0 radical (unpaired) electrons. The highest BCUT2D eigenvalue weighted by Gasteiger charge is 2.71. The molecule has 0 spiro atoms. The predicted octanol–water partition coefficient (Wildman–Crippen LogP) is 4.01. The third-order valence-electron chi connectivity index (χ3n) is 5.88. The van der Waals surface area contributed by atoms with Gasteiger partial charge in [-0.3, -0.25) is 0 Å². The second-order valence-electron chi connectivity index (χ2n) is 7.38. The highest BCUT2D eigenvalue weighted by atomic mass is 35.6. The number of rotatable bonds is 0. The molecule has 6 heteroatoms. The van der Waals surface area contributed by atoms with Crippen molar-refractivity contribution in [3.8, 4) is 0 Å². The zero-order valence-corrected chi connectivity index (χ0v) is 17.0. The third kappa shape index (κ3) is 1.62. The summed E-state index contributed by atoms with van der Waals surface area (Å²) in [5, 5.41) is -0.0392. The molecule has 96 valence electrons. The van der Waals surface area contributed by atoms with Crippen molar-refractivity contribution in [2.24, 2.45) is 0 Å². The van der Waals surface area contributed by atoms with E-state index in [1.165, 1.54) is 0 Å². The Morgan fingerprint density at radius 2 is 1.19 bits per heavy atom. The van der Waals surface area contributed by atoms with Crippen LogP contribution in [0.15, 0.2) is 0 Å². The topological polar surface area (TPSA) is 9.23 Å². The van der Waals surface area contributed by atoms with Gasteiger partial charge in [0.1, 0.15) is 0 Å². The van der Waals surface area contributed by atoms with Crippen molar-refractivity contribution in [1.82, 2.24) is 0 Å². The summed E-state index contributed by atoms with van der Waals surface area (Å²) in [6.07, 6.45) is 0. The summed E-state index contributed by atoms with van der Waals surface area (Å²) in [6, 6.07) is 0. The van der Waals surface area contributed by atoms with E-state index < -0.39 is 29.0 Å². The van der Waals surface area contributed by atoms with Gasteiger partial charge in [0.25, 0.3) is 0 Å². The van der Waals surface area contributed by atoms with Gasteiger partial charge < -0.3 is 4.43 Å². The Kier molecular flexibility index (Phi) is 3.39. The van der Waals surface area contributed by atoms with Gasteiger partial charge in [-0.1, -0.05) is 32.7 Å². The molecule has 16 heavy (non-hydrogen) atoms. The summed E-state index contributed by atoms with van der Waals surface area (Å²) >= 11 is 7.10. The number of hydrogen-bond acceptors (Lipinski definition) is 1. The van der Waals surface area contributed by atoms with E-state index in [-0.39, 0.29) is 5.22 Å². The van der Waals surface area contributed by atoms with Gasteiger partial charge in [-0.2, -0.15) is 11.1 Å². The smallest absolute Gasteiger partial charge is 0.172 e. The van der Waals surface area contributed by atoms with E-state index in [1.54, 1.807) is 0 Å². The summed E-state index contributed by atoms with van der Waals surface area (Å²) in [5.74, 6) is 0. The molecular weight excluding hydrogens is 284 g/mol. The summed E-state index contributed by atoms with van der Waals surface area (Å²) in [4.78, 5) is 0. The number of halogens is 1. The Hall–Kier alpha value is 1.12. The van der Waals surface area contributed by atoms with Crippen LogP contribution in [-0.4, -0.2) is 34.2 Å². The molecule has 1 atom stereocenters. The second-order valence-corrected chi connectivity index (χ2v) is 48.1. The Morgan fingerprint density at radius 1 is 0.812 bits per heavy atom. The Labute approximate surface area is 109 Å². The first-order chi connectivity index (χ1) is 6.71. The van der Waals surface area contributed by atoms with Crippen LogP contribution in [0.1, 0.15) is 13.8 Å². The van der Waals surface area contributed by atoms with Crippen LogP contribution in [0.4, 0.5) is 0 Å². The van der Waals surface area contributed by atoms with E-state index in [4.69, 9.17) is 15.5 Å². The monoisotopic (exact) mass is 310 g/mol. The molecular formula is C10H27ClOSi4. The van der Waals surface area contributed by atoms with E-state index >= 15 is 0 Å². The summed E-state index contributed by atoms with van der Waals surface area (Å²) in [7, 11) is -4.15. The molecule has 1 saturated heterocycles. The van der Waals surface area contributed by atoms with Gasteiger partial charge in [0, 0.05) is 0 Å². The molecule has 0 aromatic heterocycles. The zero-order valence-electron chi connectivity index (χ0n) is 12.3. The van der Waals surface area contributed by atoms with Crippen LogP contribution in [0, 0.1) is 0 Å². The van der Waals surface area contributed by atoms with E-state index in [2.05, 4.69) is 59.7 Å². The summed E-state index contributed by atoms with van der Waals surface area (Å²) < 4.78 is 6.59. The molecule has 0 bridgehead atoms. The van der Waals surface area contributed by atoms with Crippen molar-refractivity contribution >= 4 is 40.0 Å². The molecule has 1 heterocycles. The lowest BCUT2D eigenvalue weighted by molar-refractivity contribution is 0.186. The van der Waals surface area contributed by atoms with Crippen molar-refractivity contribution in [3.63, 3.8) is 0 Å². The Morgan fingerprint density at radius 3 is 1.56 bits per heavy atom. The lowest BCUT2D eigenvalue weighted by Gasteiger charge is -2.64. The molecule has 0 aromatic rings. The first-order valence-corrected chi connectivity index (χ1v) is 21.5. The fourth-order valence-corrected chi connectivity index (χ4v) is 76.1. The fourth-order valence-electron chi connectivity index (χ4n) is 2.95.